The van der Waals surface area contributed by atoms with E-state index in [0.29, 0.717) is 16.9 Å². The maximum Gasteiger partial charge on any atom is 0.263 e. The van der Waals surface area contributed by atoms with Gasteiger partial charge in [-0.25, -0.2) is 16.8 Å². The highest BCUT2D eigenvalue weighted by molar-refractivity contribution is 7.92. The highest BCUT2D eigenvalue weighted by Crippen LogP contribution is 2.25. The fraction of sp³-hybridized carbons (Fsp3) is 0.0588. The Kier molecular flexibility index (Phi) is 5.18. The minimum absolute atomic E-state index is 0.0158. The van der Waals surface area contributed by atoms with E-state index in [0.717, 1.165) is 6.26 Å². The normalized spacial score (nSPS) is 11.9. The Morgan fingerprint density at radius 1 is 0.852 bits per heavy atom. The molecule has 0 saturated heterocycles. The predicted octanol–water partition coefficient (Wildman–Crippen LogP) is 3.00. The van der Waals surface area contributed by atoms with Gasteiger partial charge >= 0.3 is 0 Å². The number of anilines is 1. The van der Waals surface area contributed by atoms with Gasteiger partial charge in [-0.2, -0.15) is 0 Å². The van der Waals surface area contributed by atoms with Gasteiger partial charge in [-0.05, 0) is 36.4 Å². The molecule has 0 saturated carbocycles. The van der Waals surface area contributed by atoms with E-state index in [2.05, 4.69) is 14.9 Å². The van der Waals surface area contributed by atoms with E-state index >= 15 is 0 Å². The molecule has 2 aromatic carbocycles. The number of hydrogen-bond acceptors (Lipinski definition) is 6. The van der Waals surface area contributed by atoms with Crippen LogP contribution in [0.3, 0.4) is 0 Å². The van der Waals surface area contributed by atoms with Gasteiger partial charge in [0.25, 0.3) is 10.0 Å². The lowest BCUT2D eigenvalue weighted by Gasteiger charge is -2.10. The molecule has 27 heavy (non-hydrogen) atoms. The van der Waals surface area contributed by atoms with Gasteiger partial charge in [0.05, 0.1) is 10.7 Å². The van der Waals surface area contributed by atoms with Crippen LogP contribution < -0.4 is 4.72 Å². The van der Waals surface area contributed by atoms with E-state index < -0.39 is 19.9 Å². The molecule has 0 spiro atoms. The number of aromatic nitrogens is 2. The molecule has 0 aliphatic carbocycles. The maximum absolute atomic E-state index is 12.4. The number of sulfonamides is 1. The van der Waals surface area contributed by atoms with Crippen LogP contribution in [-0.4, -0.2) is 33.3 Å². The first-order valence-corrected chi connectivity index (χ1v) is 11.3. The van der Waals surface area contributed by atoms with Crippen LogP contribution in [0.1, 0.15) is 0 Å². The summed E-state index contributed by atoms with van der Waals surface area (Å²) in [5.74, 6) is 0. The molecule has 1 aromatic heterocycles. The first-order valence-electron chi connectivity index (χ1n) is 7.58. The van der Waals surface area contributed by atoms with Crippen molar-refractivity contribution in [2.75, 3.05) is 11.0 Å². The quantitative estimate of drug-likeness (QED) is 0.676. The van der Waals surface area contributed by atoms with Crippen LogP contribution in [0.5, 0.6) is 0 Å². The third kappa shape index (κ3) is 4.44. The zero-order chi connectivity index (χ0) is 19.7. The molecular weight excluding hydrogens is 410 g/mol. The van der Waals surface area contributed by atoms with Crippen molar-refractivity contribution in [3.05, 3.63) is 65.7 Å². The highest BCUT2D eigenvalue weighted by atomic mass is 35.5. The van der Waals surface area contributed by atoms with E-state index in [-0.39, 0.29) is 14.9 Å². The summed E-state index contributed by atoms with van der Waals surface area (Å²) in [6.45, 7) is 0. The van der Waals surface area contributed by atoms with Crippen molar-refractivity contribution in [2.24, 2.45) is 0 Å². The van der Waals surface area contributed by atoms with Gasteiger partial charge in [0.15, 0.2) is 14.9 Å². The Hall–Kier alpha value is -2.49. The molecule has 7 nitrogen and oxygen atoms in total. The molecule has 3 aromatic rings. The monoisotopic (exact) mass is 423 g/mol. The van der Waals surface area contributed by atoms with Crippen molar-refractivity contribution in [3.8, 4) is 11.3 Å². The van der Waals surface area contributed by atoms with Gasteiger partial charge in [-0.3, -0.25) is 4.72 Å². The van der Waals surface area contributed by atoms with Crippen molar-refractivity contribution >= 4 is 37.1 Å². The zero-order valence-corrected chi connectivity index (χ0v) is 16.4. The average molecular weight is 424 g/mol. The fourth-order valence-electron chi connectivity index (χ4n) is 2.25. The number of rotatable bonds is 5. The molecule has 0 aliphatic heterocycles. The van der Waals surface area contributed by atoms with E-state index in [1.807, 2.05) is 0 Å². The van der Waals surface area contributed by atoms with Gasteiger partial charge < -0.3 is 0 Å². The molecule has 1 heterocycles. The average Bonchev–Trinajstić information content (AvgIpc) is 2.62. The highest BCUT2D eigenvalue weighted by Gasteiger charge is 2.17. The number of sulfone groups is 1. The number of benzene rings is 2. The first-order chi connectivity index (χ1) is 12.7. The third-order valence-electron chi connectivity index (χ3n) is 3.58. The molecule has 1 N–H and O–H groups in total. The van der Waals surface area contributed by atoms with E-state index in [1.165, 1.54) is 24.3 Å². The standard InChI is InChI=1S/C17H14ClN3O4S2/c1-26(22,23)17-11-10-15(19-20-17)12-6-8-13(9-7-12)21-27(24,25)16-5-3-2-4-14(16)18/h2-11,21H,1H3. The summed E-state index contributed by atoms with van der Waals surface area (Å²) in [5, 5.41) is 7.60. The SMILES string of the molecule is CS(=O)(=O)c1ccc(-c2ccc(NS(=O)(=O)c3ccccc3Cl)cc2)nn1. The molecule has 0 fully saturated rings. The lowest BCUT2D eigenvalue weighted by Crippen LogP contribution is -2.13. The Bertz CT molecular complexity index is 1180. The molecule has 0 atom stereocenters. The Morgan fingerprint density at radius 2 is 1.52 bits per heavy atom. The van der Waals surface area contributed by atoms with Crippen LogP contribution in [0.25, 0.3) is 11.3 Å². The molecule has 10 heteroatoms. The maximum atomic E-state index is 12.4. The summed E-state index contributed by atoms with van der Waals surface area (Å²) < 4.78 is 50.2. The molecular formula is C17H14ClN3O4S2. The van der Waals surface area contributed by atoms with Crippen LogP contribution in [0.2, 0.25) is 5.02 Å². The fourth-order valence-corrected chi connectivity index (χ4v) is 4.34. The van der Waals surface area contributed by atoms with E-state index in [1.54, 1.807) is 36.4 Å². The van der Waals surface area contributed by atoms with Crippen molar-refractivity contribution < 1.29 is 16.8 Å². The van der Waals surface area contributed by atoms with E-state index in [4.69, 9.17) is 11.6 Å². The summed E-state index contributed by atoms with van der Waals surface area (Å²) in [4.78, 5) is -0.0158. The Morgan fingerprint density at radius 3 is 2.07 bits per heavy atom. The van der Waals surface area contributed by atoms with Gasteiger partial charge in [0.2, 0.25) is 0 Å². The zero-order valence-electron chi connectivity index (χ0n) is 14.0. The van der Waals surface area contributed by atoms with Crippen LogP contribution in [0.4, 0.5) is 5.69 Å². The molecule has 140 valence electrons. The Labute approximate surface area is 162 Å². The van der Waals surface area contributed by atoms with E-state index in [9.17, 15) is 16.8 Å². The van der Waals surface area contributed by atoms with Crippen LogP contribution >= 0.6 is 11.6 Å². The number of halogens is 1. The molecule has 3 rings (SSSR count). The number of hydrogen-bond donors (Lipinski definition) is 1. The van der Waals surface area contributed by atoms with Crippen LogP contribution in [-0.2, 0) is 19.9 Å². The molecule has 0 aliphatic rings. The molecule has 0 bridgehead atoms. The summed E-state index contributed by atoms with van der Waals surface area (Å²) in [7, 11) is -7.24. The van der Waals surface area contributed by atoms with Crippen molar-refractivity contribution in [2.45, 2.75) is 9.92 Å². The van der Waals surface area contributed by atoms with Crippen LogP contribution in [0, 0.1) is 0 Å². The third-order valence-corrected chi connectivity index (χ3v) is 6.44. The predicted molar refractivity (Wildman–Crippen MR) is 103 cm³/mol. The molecule has 0 amide bonds. The summed E-state index contributed by atoms with van der Waals surface area (Å²) >= 11 is 5.95. The lowest BCUT2D eigenvalue weighted by molar-refractivity contribution is 0.595. The van der Waals surface area contributed by atoms with Crippen molar-refractivity contribution in [1.29, 1.82) is 0 Å². The summed E-state index contributed by atoms with van der Waals surface area (Å²) in [6.07, 6.45) is 1.05. The molecule has 0 unspecified atom stereocenters. The van der Waals surface area contributed by atoms with Gasteiger partial charge in [0.1, 0.15) is 4.90 Å². The van der Waals surface area contributed by atoms with Gasteiger partial charge in [-0.15, -0.1) is 10.2 Å². The second-order valence-electron chi connectivity index (χ2n) is 5.64. The largest absolute Gasteiger partial charge is 0.280 e. The number of nitrogens with one attached hydrogen (secondary N) is 1. The summed E-state index contributed by atoms with van der Waals surface area (Å²) in [5.41, 5.74) is 1.46. The lowest BCUT2D eigenvalue weighted by atomic mass is 10.1. The Balaban J connectivity index is 1.83. The second-order valence-corrected chi connectivity index (χ2v) is 9.66. The topological polar surface area (TPSA) is 106 Å². The molecule has 0 radical (unpaired) electrons. The van der Waals surface area contributed by atoms with Gasteiger partial charge in [-0.1, -0.05) is 35.9 Å². The summed E-state index contributed by atoms with van der Waals surface area (Å²) in [6, 6.07) is 15.5. The van der Waals surface area contributed by atoms with Crippen molar-refractivity contribution in [1.82, 2.24) is 10.2 Å². The van der Waals surface area contributed by atoms with Gasteiger partial charge in [0, 0.05) is 17.5 Å². The van der Waals surface area contributed by atoms with Crippen LogP contribution in [0.15, 0.2) is 70.6 Å². The smallest absolute Gasteiger partial charge is 0.263 e. The number of nitrogens with zero attached hydrogens (tertiary/aromatic N) is 2. The minimum atomic E-state index is -3.82. The van der Waals surface area contributed by atoms with Crippen molar-refractivity contribution in [3.63, 3.8) is 0 Å². The second kappa shape index (κ2) is 7.26. The first kappa shape index (κ1) is 19.3. The minimum Gasteiger partial charge on any atom is -0.280 e.